The number of nitrogens with one attached hydrogen (secondary N) is 1. The van der Waals surface area contributed by atoms with Crippen molar-refractivity contribution in [3.05, 3.63) is 47.0 Å². The minimum absolute atomic E-state index is 0.151. The van der Waals surface area contributed by atoms with Gasteiger partial charge in [-0.25, -0.2) is 4.98 Å². The van der Waals surface area contributed by atoms with Gasteiger partial charge in [0.15, 0.2) is 5.13 Å². The predicted octanol–water partition coefficient (Wildman–Crippen LogP) is 1.92. The molecule has 2 aromatic rings. The number of nitrogens with zero attached hydrogens (tertiary/aromatic N) is 2. The fourth-order valence-electron chi connectivity index (χ4n) is 2.61. The van der Waals surface area contributed by atoms with Gasteiger partial charge in [-0.2, -0.15) is 0 Å². The number of piperidine rings is 1. The second-order valence-corrected chi connectivity index (χ2v) is 6.63. The predicted molar refractivity (Wildman–Crippen MR) is 92.0 cm³/mol. The zero-order valence-electron chi connectivity index (χ0n) is 13.1. The Hall–Kier alpha value is -2.25. The van der Waals surface area contributed by atoms with E-state index in [1.165, 1.54) is 11.3 Å². The van der Waals surface area contributed by atoms with Gasteiger partial charge in [-0.05, 0) is 18.4 Å². The molecule has 0 atom stereocenters. The summed E-state index contributed by atoms with van der Waals surface area (Å²) in [6.45, 7) is 1.07. The Kier molecular flexibility index (Phi) is 5.22. The summed E-state index contributed by atoms with van der Waals surface area (Å²) in [4.78, 5) is 30.3. The molecule has 0 aliphatic carbocycles. The second kappa shape index (κ2) is 7.55. The van der Waals surface area contributed by atoms with E-state index in [9.17, 15) is 14.7 Å². The topological polar surface area (TPSA) is 82.5 Å². The van der Waals surface area contributed by atoms with Crippen LogP contribution in [-0.2, 0) is 11.2 Å². The van der Waals surface area contributed by atoms with Crippen molar-refractivity contribution < 1.29 is 14.7 Å². The van der Waals surface area contributed by atoms with Gasteiger partial charge in [-0.15, -0.1) is 11.3 Å². The van der Waals surface area contributed by atoms with Crippen molar-refractivity contribution in [2.24, 2.45) is 0 Å². The van der Waals surface area contributed by atoms with E-state index in [0.29, 0.717) is 36.8 Å². The molecule has 1 aromatic carbocycles. The van der Waals surface area contributed by atoms with Crippen LogP contribution in [0.1, 0.15) is 28.9 Å². The molecule has 1 aliphatic rings. The molecular weight excluding hydrogens is 326 g/mol. The Labute approximate surface area is 144 Å². The van der Waals surface area contributed by atoms with Crippen molar-refractivity contribution >= 4 is 28.3 Å². The molecule has 1 saturated heterocycles. The smallest absolute Gasteiger partial charge is 0.273 e. The lowest BCUT2D eigenvalue weighted by Crippen LogP contribution is -2.40. The molecule has 2 heterocycles. The number of thiazole rings is 1. The van der Waals surface area contributed by atoms with E-state index in [1.54, 1.807) is 10.3 Å². The summed E-state index contributed by atoms with van der Waals surface area (Å²) in [6.07, 6.45) is 1.14. The van der Waals surface area contributed by atoms with E-state index >= 15 is 0 Å². The van der Waals surface area contributed by atoms with E-state index in [1.807, 2.05) is 30.3 Å². The molecule has 1 aliphatic heterocycles. The third-order valence-corrected chi connectivity index (χ3v) is 4.69. The number of aliphatic hydroxyl groups is 1. The SMILES string of the molecule is O=C(Cc1ccccc1)Nc1nc(C(=O)N2CCC(O)CC2)cs1. The Morgan fingerprint density at radius 3 is 2.67 bits per heavy atom. The van der Waals surface area contributed by atoms with E-state index in [-0.39, 0.29) is 24.3 Å². The van der Waals surface area contributed by atoms with Crippen LogP contribution in [0.25, 0.3) is 0 Å². The van der Waals surface area contributed by atoms with Gasteiger partial charge in [-0.1, -0.05) is 30.3 Å². The first-order chi connectivity index (χ1) is 11.6. The number of rotatable bonds is 4. The summed E-state index contributed by atoms with van der Waals surface area (Å²) >= 11 is 1.24. The van der Waals surface area contributed by atoms with Crippen molar-refractivity contribution in [1.82, 2.24) is 9.88 Å². The fraction of sp³-hybridized carbons (Fsp3) is 0.353. The molecule has 0 unspecified atom stereocenters. The number of anilines is 1. The number of likely N-dealkylation sites (tertiary alicyclic amines) is 1. The van der Waals surface area contributed by atoms with Crippen LogP contribution in [-0.4, -0.2) is 46.0 Å². The Morgan fingerprint density at radius 1 is 1.25 bits per heavy atom. The molecule has 6 nitrogen and oxygen atoms in total. The standard InChI is InChI=1S/C17H19N3O3S/c21-13-6-8-20(9-7-13)16(23)14-11-24-17(18-14)19-15(22)10-12-4-2-1-3-5-12/h1-5,11,13,21H,6-10H2,(H,18,19,22). The minimum Gasteiger partial charge on any atom is -0.393 e. The maximum Gasteiger partial charge on any atom is 0.273 e. The number of amides is 2. The van der Waals surface area contributed by atoms with Crippen LogP contribution in [0.4, 0.5) is 5.13 Å². The lowest BCUT2D eigenvalue weighted by molar-refractivity contribution is -0.115. The highest BCUT2D eigenvalue weighted by molar-refractivity contribution is 7.14. The van der Waals surface area contributed by atoms with E-state index in [0.717, 1.165) is 5.56 Å². The Morgan fingerprint density at radius 2 is 1.96 bits per heavy atom. The number of aliphatic hydroxyl groups excluding tert-OH is 1. The van der Waals surface area contributed by atoms with Gasteiger partial charge in [-0.3, -0.25) is 9.59 Å². The summed E-state index contributed by atoms with van der Waals surface area (Å²) in [7, 11) is 0. The molecule has 2 N–H and O–H groups in total. The molecule has 1 fully saturated rings. The third kappa shape index (κ3) is 4.18. The van der Waals surface area contributed by atoms with Crippen LogP contribution in [0.5, 0.6) is 0 Å². The number of hydrogen-bond donors (Lipinski definition) is 2. The fourth-order valence-corrected chi connectivity index (χ4v) is 3.31. The highest BCUT2D eigenvalue weighted by Crippen LogP contribution is 2.19. The number of hydrogen-bond acceptors (Lipinski definition) is 5. The minimum atomic E-state index is -0.322. The summed E-state index contributed by atoms with van der Waals surface area (Å²) in [6, 6.07) is 9.46. The first-order valence-electron chi connectivity index (χ1n) is 7.88. The summed E-state index contributed by atoms with van der Waals surface area (Å²) in [5.74, 6) is -0.308. The molecular formula is C17H19N3O3S. The molecule has 2 amide bonds. The van der Waals surface area contributed by atoms with Crippen LogP contribution in [0.3, 0.4) is 0 Å². The van der Waals surface area contributed by atoms with Crippen molar-refractivity contribution in [1.29, 1.82) is 0 Å². The molecule has 7 heteroatoms. The number of benzene rings is 1. The molecule has 0 bridgehead atoms. The highest BCUT2D eigenvalue weighted by Gasteiger charge is 2.24. The first-order valence-corrected chi connectivity index (χ1v) is 8.76. The lowest BCUT2D eigenvalue weighted by atomic mass is 10.1. The zero-order valence-corrected chi connectivity index (χ0v) is 14.0. The molecule has 126 valence electrons. The number of carbonyl (C=O) groups excluding carboxylic acids is 2. The first kappa shape index (κ1) is 16.6. The Balaban J connectivity index is 1.57. The maximum atomic E-state index is 12.4. The molecule has 0 radical (unpaired) electrons. The average molecular weight is 345 g/mol. The summed E-state index contributed by atoms with van der Waals surface area (Å²) < 4.78 is 0. The van der Waals surface area contributed by atoms with E-state index < -0.39 is 0 Å². The van der Waals surface area contributed by atoms with Crippen molar-refractivity contribution in [2.45, 2.75) is 25.4 Å². The molecule has 24 heavy (non-hydrogen) atoms. The van der Waals surface area contributed by atoms with Crippen molar-refractivity contribution in [2.75, 3.05) is 18.4 Å². The van der Waals surface area contributed by atoms with Gasteiger partial charge in [0.05, 0.1) is 12.5 Å². The van der Waals surface area contributed by atoms with Gasteiger partial charge in [0.2, 0.25) is 5.91 Å². The number of aromatic nitrogens is 1. The Bertz CT molecular complexity index is 709. The van der Waals surface area contributed by atoms with Crippen LogP contribution < -0.4 is 5.32 Å². The summed E-state index contributed by atoms with van der Waals surface area (Å²) in [5.41, 5.74) is 1.26. The molecule has 0 saturated carbocycles. The van der Waals surface area contributed by atoms with Gasteiger partial charge < -0.3 is 15.3 Å². The van der Waals surface area contributed by atoms with Gasteiger partial charge in [0.25, 0.3) is 5.91 Å². The molecule has 3 rings (SSSR count). The molecule has 0 spiro atoms. The van der Waals surface area contributed by atoms with Crippen LogP contribution in [0.15, 0.2) is 35.7 Å². The van der Waals surface area contributed by atoms with Crippen LogP contribution >= 0.6 is 11.3 Å². The van der Waals surface area contributed by atoms with Crippen LogP contribution in [0.2, 0.25) is 0 Å². The van der Waals surface area contributed by atoms with Gasteiger partial charge >= 0.3 is 0 Å². The van der Waals surface area contributed by atoms with Crippen molar-refractivity contribution in [3.8, 4) is 0 Å². The maximum absolute atomic E-state index is 12.4. The van der Waals surface area contributed by atoms with Gasteiger partial charge in [0, 0.05) is 18.5 Å². The zero-order chi connectivity index (χ0) is 16.9. The monoisotopic (exact) mass is 345 g/mol. The molecule has 1 aromatic heterocycles. The normalized spacial score (nSPS) is 15.3. The highest BCUT2D eigenvalue weighted by atomic mass is 32.1. The second-order valence-electron chi connectivity index (χ2n) is 5.77. The average Bonchev–Trinajstić information content (AvgIpc) is 3.04. The number of carbonyl (C=O) groups is 2. The van der Waals surface area contributed by atoms with Gasteiger partial charge in [0.1, 0.15) is 5.69 Å². The van der Waals surface area contributed by atoms with E-state index in [4.69, 9.17) is 0 Å². The lowest BCUT2D eigenvalue weighted by Gasteiger charge is -2.28. The third-order valence-electron chi connectivity index (χ3n) is 3.93. The van der Waals surface area contributed by atoms with Crippen LogP contribution in [0, 0.1) is 0 Å². The summed E-state index contributed by atoms with van der Waals surface area (Å²) in [5, 5.41) is 14.3. The van der Waals surface area contributed by atoms with E-state index in [2.05, 4.69) is 10.3 Å². The van der Waals surface area contributed by atoms with Crippen molar-refractivity contribution in [3.63, 3.8) is 0 Å². The quantitative estimate of drug-likeness (QED) is 0.887. The largest absolute Gasteiger partial charge is 0.393 e.